The van der Waals surface area contributed by atoms with Gasteiger partial charge in [0.1, 0.15) is 5.82 Å². The number of aromatic nitrogens is 3. The second kappa shape index (κ2) is 12.6. The lowest BCUT2D eigenvalue weighted by Gasteiger charge is -2.14. The van der Waals surface area contributed by atoms with Gasteiger partial charge >= 0.3 is 0 Å². The van der Waals surface area contributed by atoms with Crippen LogP contribution >= 0.6 is 0 Å². The summed E-state index contributed by atoms with van der Waals surface area (Å²) < 4.78 is 80.4. The number of ether oxygens (including phenoxy) is 2. The molecule has 0 aliphatic carbocycles. The molecule has 2 heterocycles. The van der Waals surface area contributed by atoms with E-state index in [1.54, 1.807) is 38.1 Å². The van der Waals surface area contributed by atoms with Gasteiger partial charge in [0.05, 0.1) is 37.8 Å². The first-order chi connectivity index (χ1) is 19.5. The fraction of sp³-hybridized carbons (Fsp3) is 0.276. The van der Waals surface area contributed by atoms with Crippen LogP contribution in [-0.2, 0) is 27.7 Å². The number of hydrogen-bond donors (Lipinski definition) is 0. The van der Waals surface area contributed by atoms with Crippen molar-refractivity contribution in [3.05, 3.63) is 105 Å². The second-order valence-electron chi connectivity index (χ2n) is 9.48. The molecule has 0 fully saturated rings. The second-order valence-corrected chi connectivity index (χ2v) is 11.5. The Hall–Kier alpha value is -4.03. The maximum absolute atomic E-state index is 14.7. The number of sulfone groups is 1. The smallest absolute Gasteiger partial charge is 0.286 e. The van der Waals surface area contributed by atoms with Gasteiger partial charge < -0.3 is 14.0 Å². The minimum Gasteiger partial charge on any atom is -0.494 e. The van der Waals surface area contributed by atoms with Crippen LogP contribution in [-0.4, -0.2) is 41.9 Å². The highest BCUT2D eigenvalue weighted by Gasteiger charge is 2.22. The average molecular weight is 588 g/mol. The van der Waals surface area contributed by atoms with E-state index >= 15 is 0 Å². The summed E-state index contributed by atoms with van der Waals surface area (Å²) in [6, 6.07) is 12.7. The molecule has 2 aromatic carbocycles. The first kappa shape index (κ1) is 29.9. The van der Waals surface area contributed by atoms with Crippen LogP contribution in [0.25, 0.3) is 11.3 Å². The number of halogens is 3. The molecule has 0 aliphatic rings. The number of aryl methyl sites for hydroxylation is 1. The summed E-state index contributed by atoms with van der Waals surface area (Å²) in [6.45, 7) is 3.09. The van der Waals surface area contributed by atoms with Crippen LogP contribution in [0.4, 0.5) is 13.2 Å². The van der Waals surface area contributed by atoms with Crippen molar-refractivity contribution in [1.29, 1.82) is 0 Å². The summed E-state index contributed by atoms with van der Waals surface area (Å²) in [5, 5.41) is -0.454. The standard InChI is InChI=1S/C29H28F3N3O5S/c1-18-12-26(22-14-25(32)28(36)35(16-22)15-20-8-9-27(39-3)24(31)13-20)34-29(33-18)41(37,38)11-10-19(2)40-17-21-6-4-5-7-23(21)30/h4-9,12-14,16,19H,10-11,15,17H2,1-3H3. The zero-order valence-corrected chi connectivity index (χ0v) is 23.4. The molecule has 0 saturated heterocycles. The molecule has 41 heavy (non-hydrogen) atoms. The Morgan fingerprint density at radius 3 is 2.44 bits per heavy atom. The van der Waals surface area contributed by atoms with Crippen LogP contribution in [0.1, 0.15) is 30.2 Å². The number of methoxy groups -OCH3 is 1. The summed E-state index contributed by atoms with van der Waals surface area (Å²) in [5.41, 5.74) is 0.351. The van der Waals surface area contributed by atoms with Gasteiger partial charge in [0.25, 0.3) is 5.56 Å². The minimum absolute atomic E-state index is 0.0105. The lowest BCUT2D eigenvalue weighted by molar-refractivity contribution is 0.0497. The molecule has 4 aromatic rings. The van der Waals surface area contributed by atoms with E-state index in [-0.39, 0.29) is 42.3 Å². The van der Waals surface area contributed by atoms with Crippen LogP contribution in [0, 0.1) is 24.4 Å². The fourth-order valence-corrected chi connectivity index (χ4v) is 5.38. The molecule has 0 radical (unpaired) electrons. The van der Waals surface area contributed by atoms with Crippen molar-refractivity contribution in [3.8, 4) is 17.0 Å². The third kappa shape index (κ3) is 7.39. The molecule has 1 unspecified atom stereocenters. The predicted molar refractivity (Wildman–Crippen MR) is 146 cm³/mol. The fourth-order valence-electron chi connectivity index (χ4n) is 4.03. The van der Waals surface area contributed by atoms with Crippen molar-refractivity contribution in [3.63, 3.8) is 0 Å². The number of nitrogens with zero attached hydrogens (tertiary/aromatic N) is 3. The molecule has 1 atom stereocenters. The Labute approximate surface area is 235 Å². The molecule has 0 N–H and O–H groups in total. The van der Waals surface area contributed by atoms with E-state index in [9.17, 15) is 26.4 Å². The molecule has 0 spiro atoms. The minimum atomic E-state index is -3.98. The highest BCUT2D eigenvalue weighted by atomic mass is 32.2. The Morgan fingerprint density at radius 2 is 1.73 bits per heavy atom. The summed E-state index contributed by atoms with van der Waals surface area (Å²) in [4.78, 5) is 20.7. The summed E-state index contributed by atoms with van der Waals surface area (Å²) in [5.74, 6) is -2.45. The summed E-state index contributed by atoms with van der Waals surface area (Å²) in [6.07, 6.45) is 0.917. The Kier molecular flexibility index (Phi) is 9.24. The topological polar surface area (TPSA) is 100 Å². The quantitative estimate of drug-likeness (QED) is 0.231. The summed E-state index contributed by atoms with van der Waals surface area (Å²) in [7, 11) is -2.66. The van der Waals surface area contributed by atoms with E-state index < -0.39 is 44.1 Å². The van der Waals surface area contributed by atoms with Gasteiger partial charge in [-0.15, -0.1) is 0 Å². The number of hydrogen-bond acceptors (Lipinski definition) is 7. The molecule has 2 aromatic heterocycles. The van der Waals surface area contributed by atoms with Crippen molar-refractivity contribution in [1.82, 2.24) is 14.5 Å². The van der Waals surface area contributed by atoms with Crippen molar-refractivity contribution < 1.29 is 31.1 Å². The summed E-state index contributed by atoms with van der Waals surface area (Å²) >= 11 is 0. The van der Waals surface area contributed by atoms with Crippen molar-refractivity contribution in [2.75, 3.05) is 12.9 Å². The van der Waals surface area contributed by atoms with E-state index in [4.69, 9.17) is 9.47 Å². The zero-order valence-electron chi connectivity index (χ0n) is 22.6. The van der Waals surface area contributed by atoms with E-state index in [2.05, 4.69) is 9.97 Å². The highest BCUT2D eigenvalue weighted by Crippen LogP contribution is 2.22. The maximum Gasteiger partial charge on any atom is 0.286 e. The molecule has 12 heteroatoms. The molecule has 4 rings (SSSR count). The van der Waals surface area contributed by atoms with Crippen LogP contribution in [0.3, 0.4) is 0 Å². The molecule has 0 saturated carbocycles. The first-order valence-electron chi connectivity index (χ1n) is 12.6. The third-order valence-electron chi connectivity index (χ3n) is 6.29. The van der Waals surface area contributed by atoms with Gasteiger partial charge in [0.15, 0.2) is 17.4 Å². The Morgan fingerprint density at radius 1 is 0.976 bits per heavy atom. The largest absolute Gasteiger partial charge is 0.494 e. The molecule has 0 aliphatic heterocycles. The normalized spacial score (nSPS) is 12.3. The molecule has 0 amide bonds. The van der Waals surface area contributed by atoms with Crippen LogP contribution in [0.2, 0.25) is 0 Å². The SMILES string of the molecule is COc1ccc(Cn2cc(-c3cc(C)nc(S(=O)(=O)CCC(C)OCc4ccccc4F)n3)cc(F)c2=O)cc1F. The van der Waals surface area contributed by atoms with E-state index in [1.807, 2.05) is 0 Å². The molecular formula is C29H28F3N3O5S. The lowest BCUT2D eigenvalue weighted by Crippen LogP contribution is -2.23. The van der Waals surface area contributed by atoms with Crippen molar-refractivity contribution in [2.45, 2.75) is 44.7 Å². The molecule has 216 valence electrons. The van der Waals surface area contributed by atoms with E-state index in [0.29, 0.717) is 16.8 Å². The first-order valence-corrected chi connectivity index (χ1v) is 14.3. The van der Waals surface area contributed by atoms with Gasteiger partial charge in [-0.3, -0.25) is 4.79 Å². The van der Waals surface area contributed by atoms with Gasteiger partial charge in [-0.05, 0) is 56.2 Å². The zero-order chi connectivity index (χ0) is 29.7. The van der Waals surface area contributed by atoms with Gasteiger partial charge in [-0.25, -0.2) is 31.6 Å². The van der Waals surface area contributed by atoms with Gasteiger partial charge in [0.2, 0.25) is 15.0 Å². The van der Waals surface area contributed by atoms with E-state index in [0.717, 1.165) is 10.6 Å². The third-order valence-corrected chi connectivity index (χ3v) is 7.81. The van der Waals surface area contributed by atoms with Gasteiger partial charge in [0, 0.05) is 23.0 Å². The Balaban J connectivity index is 1.54. The van der Waals surface area contributed by atoms with Crippen molar-refractivity contribution in [2.24, 2.45) is 0 Å². The number of pyridine rings is 1. The van der Waals surface area contributed by atoms with Crippen LogP contribution in [0.15, 0.2) is 70.7 Å². The van der Waals surface area contributed by atoms with Crippen molar-refractivity contribution >= 4 is 9.84 Å². The van der Waals surface area contributed by atoms with Gasteiger partial charge in [-0.2, -0.15) is 0 Å². The monoisotopic (exact) mass is 587 g/mol. The Bertz CT molecular complexity index is 1730. The molecule has 8 nitrogen and oxygen atoms in total. The van der Waals surface area contributed by atoms with Gasteiger partial charge in [-0.1, -0.05) is 24.3 Å². The van der Waals surface area contributed by atoms with Crippen LogP contribution in [0.5, 0.6) is 5.75 Å². The highest BCUT2D eigenvalue weighted by molar-refractivity contribution is 7.91. The molecule has 0 bridgehead atoms. The lowest BCUT2D eigenvalue weighted by atomic mass is 10.1. The predicted octanol–water partition coefficient (Wildman–Crippen LogP) is 4.86. The van der Waals surface area contributed by atoms with Crippen LogP contribution < -0.4 is 10.3 Å². The average Bonchev–Trinajstić information content (AvgIpc) is 2.93. The molecular weight excluding hydrogens is 559 g/mol. The van der Waals surface area contributed by atoms with E-state index in [1.165, 1.54) is 37.6 Å². The number of rotatable bonds is 11. The number of benzene rings is 2. The maximum atomic E-state index is 14.7.